The van der Waals surface area contributed by atoms with Crippen molar-refractivity contribution in [3.05, 3.63) is 17.8 Å². The molecule has 0 spiro atoms. The van der Waals surface area contributed by atoms with Crippen LogP contribution in [-0.2, 0) is 0 Å². The number of rotatable bonds is 5. The monoisotopic (exact) mass is 292 g/mol. The van der Waals surface area contributed by atoms with Gasteiger partial charge in [0.05, 0.1) is 5.54 Å². The van der Waals surface area contributed by atoms with E-state index in [9.17, 15) is 4.79 Å². The molecule has 6 nitrogen and oxygen atoms in total. The zero-order valence-corrected chi connectivity index (χ0v) is 12.6. The molecule has 21 heavy (non-hydrogen) atoms. The van der Waals surface area contributed by atoms with Crippen molar-refractivity contribution >= 4 is 5.91 Å². The number of amides is 1. The van der Waals surface area contributed by atoms with Crippen LogP contribution in [-0.4, -0.2) is 34.8 Å². The number of nitrogens with zero attached hydrogens (tertiary/aromatic N) is 2. The van der Waals surface area contributed by atoms with Gasteiger partial charge in [-0.05, 0) is 25.8 Å². The van der Waals surface area contributed by atoms with Crippen LogP contribution in [0.15, 0.2) is 12.1 Å². The Bertz CT molecular complexity index is 453. The van der Waals surface area contributed by atoms with Gasteiger partial charge in [-0.15, -0.1) is 10.2 Å². The average Bonchev–Trinajstić information content (AvgIpc) is 2.71. The third-order valence-electron chi connectivity index (χ3n) is 3.82. The summed E-state index contributed by atoms with van der Waals surface area (Å²) in [4.78, 5) is 11.6. The summed E-state index contributed by atoms with van der Waals surface area (Å²) in [6, 6.07) is 3.28. The standard InChI is InChI=1S/C15H24N4O2/c1-2-17-14(20)12-7-8-13(19-18-12)21-11-15(16)9-5-3-4-6-10-15/h7-8H,2-6,9-11,16H2,1H3,(H,17,20). The molecule has 3 N–H and O–H groups in total. The predicted octanol–water partition coefficient (Wildman–Crippen LogP) is 1.66. The number of carbonyl (C=O) groups is 1. The maximum atomic E-state index is 11.6. The first kappa shape index (κ1) is 15.7. The third-order valence-corrected chi connectivity index (χ3v) is 3.82. The van der Waals surface area contributed by atoms with Gasteiger partial charge in [0.1, 0.15) is 6.61 Å². The Labute approximate surface area is 125 Å². The van der Waals surface area contributed by atoms with Crippen molar-refractivity contribution in [2.45, 2.75) is 51.0 Å². The Morgan fingerprint density at radius 2 is 2.00 bits per heavy atom. The van der Waals surface area contributed by atoms with Gasteiger partial charge in [-0.1, -0.05) is 25.7 Å². The van der Waals surface area contributed by atoms with Gasteiger partial charge in [-0.25, -0.2) is 0 Å². The van der Waals surface area contributed by atoms with Crippen molar-refractivity contribution in [2.24, 2.45) is 5.73 Å². The minimum Gasteiger partial charge on any atom is -0.475 e. The van der Waals surface area contributed by atoms with Gasteiger partial charge in [0, 0.05) is 12.6 Å². The highest BCUT2D eigenvalue weighted by molar-refractivity contribution is 5.91. The molecule has 0 unspecified atom stereocenters. The van der Waals surface area contributed by atoms with Crippen LogP contribution >= 0.6 is 0 Å². The second-order valence-corrected chi connectivity index (χ2v) is 5.68. The summed E-state index contributed by atoms with van der Waals surface area (Å²) >= 11 is 0. The molecule has 0 bridgehead atoms. The van der Waals surface area contributed by atoms with E-state index in [1.807, 2.05) is 6.92 Å². The van der Waals surface area contributed by atoms with Gasteiger partial charge < -0.3 is 15.8 Å². The van der Waals surface area contributed by atoms with Crippen LogP contribution in [0, 0.1) is 0 Å². The van der Waals surface area contributed by atoms with Gasteiger partial charge in [0.25, 0.3) is 5.91 Å². The molecule has 0 aliphatic heterocycles. The second-order valence-electron chi connectivity index (χ2n) is 5.68. The summed E-state index contributed by atoms with van der Waals surface area (Å²) in [7, 11) is 0. The van der Waals surface area contributed by atoms with E-state index in [-0.39, 0.29) is 11.4 Å². The number of hydrogen-bond acceptors (Lipinski definition) is 5. The Hall–Kier alpha value is -1.69. The maximum Gasteiger partial charge on any atom is 0.271 e. The number of hydrogen-bond donors (Lipinski definition) is 2. The molecule has 2 rings (SSSR count). The lowest BCUT2D eigenvalue weighted by atomic mass is 9.93. The van der Waals surface area contributed by atoms with Gasteiger partial charge in [0.2, 0.25) is 5.88 Å². The SMILES string of the molecule is CCNC(=O)c1ccc(OCC2(N)CCCCCC2)nn1. The summed E-state index contributed by atoms with van der Waals surface area (Å²) in [6.45, 7) is 2.87. The van der Waals surface area contributed by atoms with Crippen LogP contribution in [0.25, 0.3) is 0 Å². The molecule has 1 fully saturated rings. The molecule has 1 aliphatic carbocycles. The zero-order valence-electron chi connectivity index (χ0n) is 12.6. The zero-order chi connectivity index (χ0) is 15.1. The van der Waals surface area contributed by atoms with Crippen molar-refractivity contribution in [1.82, 2.24) is 15.5 Å². The molecular weight excluding hydrogens is 268 g/mol. The maximum absolute atomic E-state index is 11.6. The third kappa shape index (κ3) is 4.67. The van der Waals surface area contributed by atoms with Crippen LogP contribution in [0.4, 0.5) is 0 Å². The van der Waals surface area contributed by atoms with E-state index in [0.29, 0.717) is 24.7 Å². The molecule has 0 saturated heterocycles. The number of nitrogens with two attached hydrogens (primary N) is 1. The van der Waals surface area contributed by atoms with Crippen LogP contribution in [0.5, 0.6) is 5.88 Å². The summed E-state index contributed by atoms with van der Waals surface area (Å²) in [6.07, 6.45) is 6.78. The van der Waals surface area contributed by atoms with E-state index in [1.54, 1.807) is 12.1 Å². The second kappa shape index (κ2) is 7.36. The lowest BCUT2D eigenvalue weighted by molar-refractivity contribution is 0.0949. The first-order chi connectivity index (χ1) is 10.1. The van der Waals surface area contributed by atoms with Crippen LogP contribution in [0.2, 0.25) is 0 Å². The average molecular weight is 292 g/mol. The number of aromatic nitrogens is 2. The molecule has 6 heteroatoms. The first-order valence-electron chi connectivity index (χ1n) is 7.66. The quantitative estimate of drug-likeness (QED) is 0.805. The minimum atomic E-state index is -0.267. The molecular formula is C15H24N4O2. The molecule has 116 valence electrons. The van der Waals surface area contributed by atoms with Gasteiger partial charge in [-0.3, -0.25) is 4.79 Å². The van der Waals surface area contributed by atoms with Crippen molar-refractivity contribution in [2.75, 3.05) is 13.2 Å². The summed E-state index contributed by atoms with van der Waals surface area (Å²) in [5.74, 6) is 0.188. The molecule has 0 aromatic carbocycles. The van der Waals surface area contributed by atoms with E-state index < -0.39 is 0 Å². The van der Waals surface area contributed by atoms with Crippen molar-refractivity contribution < 1.29 is 9.53 Å². The van der Waals surface area contributed by atoms with Crippen molar-refractivity contribution in [3.8, 4) is 5.88 Å². The lowest BCUT2D eigenvalue weighted by Crippen LogP contribution is -2.45. The highest BCUT2D eigenvalue weighted by Crippen LogP contribution is 2.25. The van der Waals surface area contributed by atoms with E-state index in [4.69, 9.17) is 10.5 Å². The van der Waals surface area contributed by atoms with Crippen LogP contribution < -0.4 is 15.8 Å². The normalized spacial score (nSPS) is 17.8. The Morgan fingerprint density at radius 3 is 2.57 bits per heavy atom. The van der Waals surface area contributed by atoms with E-state index in [1.165, 1.54) is 12.8 Å². The largest absolute Gasteiger partial charge is 0.475 e. The van der Waals surface area contributed by atoms with Gasteiger partial charge in [-0.2, -0.15) is 0 Å². The molecule has 1 aromatic rings. The molecule has 0 radical (unpaired) electrons. The highest BCUT2D eigenvalue weighted by atomic mass is 16.5. The number of ether oxygens (including phenoxy) is 1. The first-order valence-corrected chi connectivity index (χ1v) is 7.66. The fourth-order valence-electron chi connectivity index (χ4n) is 2.56. The lowest BCUT2D eigenvalue weighted by Gasteiger charge is -2.27. The van der Waals surface area contributed by atoms with E-state index >= 15 is 0 Å². The Morgan fingerprint density at radius 1 is 1.29 bits per heavy atom. The predicted molar refractivity (Wildman–Crippen MR) is 80.2 cm³/mol. The minimum absolute atomic E-state index is 0.226. The van der Waals surface area contributed by atoms with E-state index in [2.05, 4.69) is 15.5 Å². The summed E-state index contributed by atoms with van der Waals surface area (Å²) in [5.41, 5.74) is 6.41. The Balaban J connectivity index is 1.89. The fourth-order valence-corrected chi connectivity index (χ4v) is 2.56. The van der Waals surface area contributed by atoms with Crippen LogP contribution in [0.1, 0.15) is 55.9 Å². The van der Waals surface area contributed by atoms with Crippen LogP contribution in [0.3, 0.4) is 0 Å². The van der Waals surface area contributed by atoms with Crippen molar-refractivity contribution in [1.29, 1.82) is 0 Å². The molecule has 1 aromatic heterocycles. The molecule has 1 aliphatic rings. The molecule has 1 amide bonds. The Kier molecular flexibility index (Phi) is 5.50. The summed E-state index contributed by atoms with van der Waals surface area (Å²) in [5, 5.41) is 10.5. The smallest absolute Gasteiger partial charge is 0.271 e. The highest BCUT2D eigenvalue weighted by Gasteiger charge is 2.27. The van der Waals surface area contributed by atoms with Gasteiger partial charge in [0.15, 0.2) is 5.69 Å². The molecule has 1 saturated carbocycles. The number of carbonyl (C=O) groups excluding carboxylic acids is 1. The fraction of sp³-hybridized carbons (Fsp3) is 0.667. The van der Waals surface area contributed by atoms with Crippen molar-refractivity contribution in [3.63, 3.8) is 0 Å². The molecule has 1 heterocycles. The topological polar surface area (TPSA) is 90.1 Å². The van der Waals surface area contributed by atoms with Gasteiger partial charge >= 0.3 is 0 Å². The van der Waals surface area contributed by atoms with E-state index in [0.717, 1.165) is 25.7 Å². The summed E-state index contributed by atoms with van der Waals surface area (Å²) < 4.78 is 5.67. The number of nitrogens with one attached hydrogen (secondary N) is 1. The molecule has 0 atom stereocenters.